The van der Waals surface area contributed by atoms with Crippen molar-refractivity contribution < 1.29 is 14.3 Å². The van der Waals surface area contributed by atoms with E-state index in [0.717, 1.165) is 29.8 Å². The van der Waals surface area contributed by atoms with Crippen molar-refractivity contribution in [2.75, 3.05) is 7.11 Å². The van der Waals surface area contributed by atoms with Gasteiger partial charge >= 0.3 is 5.97 Å². The van der Waals surface area contributed by atoms with Crippen molar-refractivity contribution >= 4 is 17.0 Å². The molecule has 2 aromatic carbocycles. The lowest BCUT2D eigenvalue weighted by Gasteiger charge is -2.12. The van der Waals surface area contributed by atoms with Crippen LogP contribution in [0.5, 0.6) is 5.75 Å². The topological polar surface area (TPSA) is 53.4 Å². The summed E-state index contributed by atoms with van der Waals surface area (Å²) in [5.74, 6) is 0.912. The minimum atomic E-state index is -0.414. The molecule has 0 atom stereocenters. The summed E-state index contributed by atoms with van der Waals surface area (Å²) in [4.78, 5) is 16.7. The predicted octanol–water partition coefficient (Wildman–Crippen LogP) is 4.76. The van der Waals surface area contributed by atoms with Crippen LogP contribution in [-0.2, 0) is 17.9 Å². The molecule has 0 aliphatic rings. The zero-order valence-corrected chi connectivity index (χ0v) is 15.9. The monoisotopic (exact) mass is 364 g/mol. The maximum absolute atomic E-state index is 11.9. The van der Waals surface area contributed by atoms with Crippen molar-refractivity contribution in [3.63, 3.8) is 0 Å². The molecular formula is C22H24N2O3. The van der Waals surface area contributed by atoms with Crippen molar-refractivity contribution in [1.29, 1.82) is 0 Å². The first-order chi connectivity index (χ1) is 13.1. The molecule has 5 heteroatoms. The Labute approximate surface area is 159 Å². The molecule has 3 aromatic rings. The molecule has 0 saturated carbocycles. The van der Waals surface area contributed by atoms with Crippen LogP contribution in [0.25, 0.3) is 11.0 Å². The molecule has 0 aliphatic carbocycles. The van der Waals surface area contributed by atoms with Gasteiger partial charge in [0, 0.05) is 6.54 Å². The van der Waals surface area contributed by atoms with Gasteiger partial charge in [0.25, 0.3) is 0 Å². The number of para-hydroxylation sites is 3. The van der Waals surface area contributed by atoms with E-state index in [2.05, 4.69) is 30.6 Å². The zero-order valence-electron chi connectivity index (χ0n) is 15.9. The van der Waals surface area contributed by atoms with Crippen LogP contribution in [0.15, 0.2) is 60.2 Å². The standard InChI is InChI=1S/C22H24N2O3/c1-4-16(2)13-14-24-19-11-7-6-10-18(19)23-21(24)15-27-20-12-8-5-9-17(20)22(25)26-3/h4-12H,13-15H2,1-3H3/b16-4+. The Morgan fingerprint density at radius 3 is 2.67 bits per heavy atom. The molecule has 0 bridgehead atoms. The number of nitrogens with zero attached hydrogens (tertiary/aromatic N) is 2. The Kier molecular flexibility index (Phi) is 5.91. The fraction of sp³-hybridized carbons (Fsp3) is 0.273. The third kappa shape index (κ3) is 4.19. The Morgan fingerprint density at radius 1 is 1.15 bits per heavy atom. The van der Waals surface area contributed by atoms with Gasteiger partial charge in [-0.2, -0.15) is 0 Å². The molecule has 0 unspecified atom stereocenters. The number of aromatic nitrogens is 2. The molecule has 0 spiro atoms. The molecule has 140 valence electrons. The number of hydrogen-bond donors (Lipinski definition) is 0. The molecule has 5 nitrogen and oxygen atoms in total. The number of imidazole rings is 1. The first kappa shape index (κ1) is 18.7. The number of methoxy groups -OCH3 is 1. The second-order valence-corrected chi connectivity index (χ2v) is 6.33. The van der Waals surface area contributed by atoms with E-state index in [0.29, 0.717) is 11.3 Å². The molecule has 1 heterocycles. The van der Waals surface area contributed by atoms with Gasteiger partial charge in [-0.15, -0.1) is 0 Å². The van der Waals surface area contributed by atoms with Crippen LogP contribution in [0.2, 0.25) is 0 Å². The van der Waals surface area contributed by atoms with Crippen LogP contribution >= 0.6 is 0 Å². The second kappa shape index (κ2) is 8.54. The maximum Gasteiger partial charge on any atom is 0.341 e. The number of esters is 1. The van der Waals surface area contributed by atoms with Gasteiger partial charge < -0.3 is 14.0 Å². The van der Waals surface area contributed by atoms with Gasteiger partial charge in [-0.05, 0) is 44.5 Å². The molecule has 0 amide bonds. The largest absolute Gasteiger partial charge is 0.485 e. The van der Waals surface area contributed by atoms with Gasteiger partial charge in [0.2, 0.25) is 0 Å². The van der Waals surface area contributed by atoms with Gasteiger partial charge in [0.15, 0.2) is 0 Å². The van der Waals surface area contributed by atoms with Gasteiger partial charge in [-0.25, -0.2) is 9.78 Å². The highest BCUT2D eigenvalue weighted by molar-refractivity contribution is 5.92. The van der Waals surface area contributed by atoms with Crippen LogP contribution < -0.4 is 4.74 Å². The van der Waals surface area contributed by atoms with E-state index < -0.39 is 5.97 Å². The van der Waals surface area contributed by atoms with Crippen LogP contribution in [0.3, 0.4) is 0 Å². The number of aryl methyl sites for hydroxylation is 1. The Morgan fingerprint density at radius 2 is 1.89 bits per heavy atom. The predicted molar refractivity (Wildman–Crippen MR) is 106 cm³/mol. The maximum atomic E-state index is 11.9. The lowest BCUT2D eigenvalue weighted by molar-refractivity contribution is 0.0595. The SMILES string of the molecule is C/C=C(\C)CCn1c(COc2ccccc2C(=O)OC)nc2ccccc21. The Bertz CT molecular complexity index is 973. The highest BCUT2D eigenvalue weighted by Crippen LogP contribution is 2.22. The van der Waals surface area contributed by atoms with Gasteiger partial charge in [0.05, 0.1) is 18.1 Å². The summed E-state index contributed by atoms with van der Waals surface area (Å²) in [6.07, 6.45) is 3.07. The first-order valence-electron chi connectivity index (χ1n) is 9.00. The van der Waals surface area contributed by atoms with E-state index in [1.807, 2.05) is 24.3 Å². The van der Waals surface area contributed by atoms with Gasteiger partial charge in [0.1, 0.15) is 23.7 Å². The van der Waals surface area contributed by atoms with Crippen molar-refractivity contribution in [3.8, 4) is 5.75 Å². The molecule has 0 fully saturated rings. The fourth-order valence-corrected chi connectivity index (χ4v) is 2.93. The third-order valence-electron chi connectivity index (χ3n) is 4.61. The van der Waals surface area contributed by atoms with Crippen molar-refractivity contribution in [3.05, 3.63) is 71.6 Å². The number of fused-ring (bicyclic) bond motifs is 1. The first-order valence-corrected chi connectivity index (χ1v) is 9.00. The van der Waals surface area contributed by atoms with E-state index >= 15 is 0 Å². The average Bonchev–Trinajstić information content (AvgIpc) is 3.07. The van der Waals surface area contributed by atoms with E-state index in [4.69, 9.17) is 14.5 Å². The number of carbonyl (C=O) groups is 1. The highest BCUT2D eigenvalue weighted by atomic mass is 16.5. The molecule has 1 aromatic heterocycles. The molecular weight excluding hydrogens is 340 g/mol. The summed E-state index contributed by atoms with van der Waals surface area (Å²) in [6.45, 7) is 5.28. The Hall–Kier alpha value is -3.08. The number of hydrogen-bond acceptors (Lipinski definition) is 4. The Balaban J connectivity index is 1.88. The normalized spacial score (nSPS) is 11.6. The fourth-order valence-electron chi connectivity index (χ4n) is 2.93. The average molecular weight is 364 g/mol. The van der Waals surface area contributed by atoms with E-state index in [1.165, 1.54) is 12.7 Å². The van der Waals surface area contributed by atoms with Crippen molar-refractivity contribution in [2.24, 2.45) is 0 Å². The van der Waals surface area contributed by atoms with Crippen LogP contribution in [0.4, 0.5) is 0 Å². The minimum absolute atomic E-state index is 0.275. The minimum Gasteiger partial charge on any atom is -0.485 e. The molecule has 0 saturated heterocycles. The van der Waals surface area contributed by atoms with E-state index in [9.17, 15) is 4.79 Å². The van der Waals surface area contributed by atoms with Crippen LogP contribution in [0, 0.1) is 0 Å². The number of allylic oxidation sites excluding steroid dienone is 2. The van der Waals surface area contributed by atoms with E-state index in [1.54, 1.807) is 18.2 Å². The zero-order chi connectivity index (χ0) is 19.2. The summed E-state index contributed by atoms with van der Waals surface area (Å²) in [6, 6.07) is 15.1. The molecule has 0 N–H and O–H groups in total. The molecule has 0 radical (unpaired) electrons. The summed E-state index contributed by atoms with van der Waals surface area (Å²) in [5, 5.41) is 0. The number of ether oxygens (including phenoxy) is 2. The van der Waals surface area contributed by atoms with Gasteiger partial charge in [-0.3, -0.25) is 0 Å². The number of carbonyl (C=O) groups excluding carboxylic acids is 1. The summed E-state index contributed by atoms with van der Waals surface area (Å²) in [5.41, 5.74) is 3.76. The van der Waals surface area contributed by atoms with E-state index in [-0.39, 0.29) is 6.61 Å². The second-order valence-electron chi connectivity index (χ2n) is 6.33. The summed E-state index contributed by atoms with van der Waals surface area (Å²) < 4.78 is 13.0. The molecule has 0 aliphatic heterocycles. The lowest BCUT2D eigenvalue weighted by Crippen LogP contribution is -2.10. The lowest BCUT2D eigenvalue weighted by atomic mass is 10.2. The smallest absolute Gasteiger partial charge is 0.341 e. The van der Waals surface area contributed by atoms with Crippen molar-refractivity contribution in [1.82, 2.24) is 9.55 Å². The quantitative estimate of drug-likeness (QED) is 0.448. The van der Waals surface area contributed by atoms with Crippen molar-refractivity contribution in [2.45, 2.75) is 33.4 Å². The number of benzene rings is 2. The number of rotatable bonds is 7. The van der Waals surface area contributed by atoms with Crippen LogP contribution in [0.1, 0.15) is 36.5 Å². The van der Waals surface area contributed by atoms with Gasteiger partial charge in [-0.1, -0.05) is 35.9 Å². The summed E-state index contributed by atoms with van der Waals surface area (Å²) in [7, 11) is 1.36. The van der Waals surface area contributed by atoms with Crippen LogP contribution in [-0.4, -0.2) is 22.6 Å². The molecule has 27 heavy (non-hydrogen) atoms. The summed E-state index contributed by atoms with van der Waals surface area (Å²) >= 11 is 0. The molecule has 3 rings (SSSR count). The third-order valence-corrected chi connectivity index (χ3v) is 4.61. The highest BCUT2D eigenvalue weighted by Gasteiger charge is 2.15.